The van der Waals surface area contributed by atoms with E-state index >= 15 is 0 Å². The molecule has 1 aliphatic carbocycles. The highest BCUT2D eigenvalue weighted by molar-refractivity contribution is 8.01. The minimum atomic E-state index is -4.63. The Morgan fingerprint density at radius 1 is 1.20 bits per heavy atom. The molecule has 3 N–H and O–H groups in total. The first kappa shape index (κ1) is 29.2. The molecule has 0 aromatic heterocycles. The number of nitrogens with zero attached hydrogens (tertiary/aromatic N) is 1. The Hall–Kier alpha value is -3.77. The number of fused-ring (bicyclic) bond motifs is 1. The number of benzene rings is 2. The van der Waals surface area contributed by atoms with Gasteiger partial charge in [0.05, 0.1) is 23.2 Å². The van der Waals surface area contributed by atoms with Gasteiger partial charge in [0.2, 0.25) is 5.91 Å². The molecule has 2 aromatic carbocycles. The molecule has 1 aliphatic heterocycles. The number of hydrogen-bond donors (Lipinski definition) is 3. The Morgan fingerprint density at radius 2 is 1.93 bits per heavy atom. The van der Waals surface area contributed by atoms with E-state index in [1.807, 2.05) is 31.2 Å². The van der Waals surface area contributed by atoms with E-state index in [4.69, 9.17) is 15.3 Å². The van der Waals surface area contributed by atoms with Crippen LogP contribution in [0.3, 0.4) is 0 Å². The molecule has 8 nitrogen and oxygen atoms in total. The molecule has 0 radical (unpaired) electrons. The van der Waals surface area contributed by atoms with Gasteiger partial charge in [-0.2, -0.15) is 13.2 Å². The highest BCUT2D eigenvalue weighted by Crippen LogP contribution is 2.41. The van der Waals surface area contributed by atoms with Gasteiger partial charge < -0.3 is 30.0 Å². The lowest BCUT2D eigenvalue weighted by atomic mass is 9.89. The molecule has 4 rings (SSSR count). The van der Waals surface area contributed by atoms with Crippen molar-refractivity contribution in [2.45, 2.75) is 41.7 Å². The average Bonchev–Trinajstić information content (AvgIpc) is 2.90. The molecule has 0 saturated carbocycles. The first-order chi connectivity index (χ1) is 18.9. The van der Waals surface area contributed by atoms with Crippen LogP contribution in [-0.4, -0.2) is 65.1 Å². The number of anilines is 1. The van der Waals surface area contributed by atoms with E-state index in [9.17, 15) is 27.9 Å². The van der Waals surface area contributed by atoms with Crippen LogP contribution in [0.4, 0.5) is 18.9 Å². The van der Waals surface area contributed by atoms with Gasteiger partial charge in [-0.1, -0.05) is 30.4 Å². The number of rotatable bonds is 10. The van der Waals surface area contributed by atoms with Crippen LogP contribution in [-0.2, 0) is 20.7 Å². The highest BCUT2D eigenvalue weighted by Gasteiger charge is 2.33. The van der Waals surface area contributed by atoms with Crippen molar-refractivity contribution < 1.29 is 42.4 Å². The predicted octanol–water partition coefficient (Wildman–Crippen LogP) is 5.28. The monoisotopic (exact) mass is 576 g/mol. The van der Waals surface area contributed by atoms with Crippen LogP contribution < -0.4 is 9.64 Å². The molecule has 0 fully saturated rings. The van der Waals surface area contributed by atoms with Crippen LogP contribution in [0.15, 0.2) is 71.3 Å². The van der Waals surface area contributed by atoms with Crippen molar-refractivity contribution in [1.82, 2.24) is 0 Å². The molecule has 40 heavy (non-hydrogen) atoms. The third kappa shape index (κ3) is 7.05. The molecular formula is C28H27F3N2O6S. The molecule has 0 saturated heterocycles. The van der Waals surface area contributed by atoms with Crippen molar-refractivity contribution in [3.8, 4) is 5.75 Å². The van der Waals surface area contributed by atoms with Gasteiger partial charge in [-0.3, -0.25) is 4.79 Å². The molecule has 1 amide bonds. The molecular weight excluding hydrogens is 549 g/mol. The number of allylic oxidation sites excluding steroid dienone is 4. The molecule has 0 spiro atoms. The lowest BCUT2D eigenvalue weighted by molar-refractivity contribution is -0.192. The van der Waals surface area contributed by atoms with Gasteiger partial charge >= 0.3 is 12.1 Å². The molecule has 2 aromatic rings. The summed E-state index contributed by atoms with van der Waals surface area (Å²) in [5.41, 5.74) is 2.13. The van der Waals surface area contributed by atoms with Gasteiger partial charge in [-0.25, -0.2) is 4.79 Å². The maximum Gasteiger partial charge on any atom is 0.411 e. The number of hydrogen-bond acceptors (Lipinski definition) is 7. The van der Waals surface area contributed by atoms with Gasteiger partial charge in [-0.05, 0) is 48.4 Å². The Kier molecular flexibility index (Phi) is 8.89. The fourth-order valence-electron chi connectivity index (χ4n) is 4.34. The van der Waals surface area contributed by atoms with Crippen molar-refractivity contribution in [3.05, 3.63) is 77.6 Å². The van der Waals surface area contributed by atoms with Crippen LogP contribution in [0.2, 0.25) is 0 Å². The van der Waals surface area contributed by atoms with Crippen molar-refractivity contribution in [2.75, 3.05) is 24.7 Å². The van der Waals surface area contributed by atoms with Gasteiger partial charge in [0.1, 0.15) is 24.7 Å². The number of ether oxygens (including phenoxy) is 2. The first-order valence-electron chi connectivity index (χ1n) is 12.3. The number of carbonyl (C=O) groups is 2. The molecule has 2 aliphatic rings. The number of carboxylic acids is 1. The summed E-state index contributed by atoms with van der Waals surface area (Å²) in [6.07, 6.45) is -1.49. The topological polar surface area (TPSA) is 120 Å². The largest absolute Gasteiger partial charge is 0.506 e. The van der Waals surface area contributed by atoms with E-state index in [0.29, 0.717) is 11.3 Å². The number of aliphatic carboxylic acids is 1. The average molecular weight is 577 g/mol. The minimum absolute atomic E-state index is 0.0753. The highest BCUT2D eigenvalue weighted by atomic mass is 32.2. The van der Waals surface area contributed by atoms with E-state index in [1.165, 1.54) is 17.8 Å². The van der Waals surface area contributed by atoms with Crippen LogP contribution in [0.1, 0.15) is 24.0 Å². The van der Waals surface area contributed by atoms with Crippen LogP contribution in [0.25, 0.3) is 0 Å². The Balaban J connectivity index is 1.38. The fourth-order valence-corrected chi connectivity index (χ4v) is 5.45. The van der Waals surface area contributed by atoms with E-state index in [0.717, 1.165) is 16.1 Å². The van der Waals surface area contributed by atoms with Crippen LogP contribution >= 0.6 is 11.8 Å². The van der Waals surface area contributed by atoms with E-state index in [1.54, 1.807) is 35.2 Å². The maximum atomic E-state index is 13.0. The lowest BCUT2D eigenvalue weighted by Gasteiger charge is -2.33. The summed E-state index contributed by atoms with van der Waals surface area (Å²) in [7, 11) is 0. The quantitative estimate of drug-likeness (QED) is 0.352. The fraction of sp³-hybridized carbons (Fsp3) is 0.321. The van der Waals surface area contributed by atoms with Crippen molar-refractivity contribution in [3.63, 3.8) is 0 Å². The van der Waals surface area contributed by atoms with Gasteiger partial charge in [0, 0.05) is 17.2 Å². The Bertz CT molecular complexity index is 1340. The molecule has 0 bridgehead atoms. The molecule has 1 heterocycles. The molecule has 3 unspecified atom stereocenters. The normalized spacial score (nSPS) is 19.7. The third-order valence-electron chi connectivity index (χ3n) is 6.35. The van der Waals surface area contributed by atoms with Crippen molar-refractivity contribution >= 4 is 35.0 Å². The summed E-state index contributed by atoms with van der Waals surface area (Å²) in [5.74, 6) is -1.58. The molecule has 212 valence electrons. The van der Waals surface area contributed by atoms with Crippen LogP contribution in [0.5, 0.6) is 5.75 Å². The van der Waals surface area contributed by atoms with Gasteiger partial charge in [-0.15, -0.1) is 11.8 Å². The molecule has 3 atom stereocenters. The second-order valence-electron chi connectivity index (χ2n) is 9.25. The number of carboxylic acid groups (broad SMARTS) is 1. The second-order valence-corrected chi connectivity index (χ2v) is 10.6. The smallest absolute Gasteiger partial charge is 0.411 e. The zero-order chi connectivity index (χ0) is 29.0. The Morgan fingerprint density at radius 3 is 2.60 bits per heavy atom. The number of nitrogens with one attached hydrogen (secondary N) is 1. The van der Waals surface area contributed by atoms with Crippen molar-refractivity contribution in [1.29, 1.82) is 5.41 Å². The maximum absolute atomic E-state index is 13.0. The number of alkyl halides is 3. The van der Waals surface area contributed by atoms with E-state index in [-0.39, 0.29) is 48.1 Å². The number of amides is 1. The molecule has 12 heteroatoms. The Labute approximate surface area is 232 Å². The predicted molar refractivity (Wildman–Crippen MR) is 144 cm³/mol. The van der Waals surface area contributed by atoms with Crippen LogP contribution in [0, 0.1) is 5.41 Å². The summed E-state index contributed by atoms with van der Waals surface area (Å²) < 4.78 is 47.5. The summed E-state index contributed by atoms with van der Waals surface area (Å²) in [5, 5.41) is 26.9. The summed E-state index contributed by atoms with van der Waals surface area (Å²) in [4.78, 5) is 26.8. The zero-order valence-electron chi connectivity index (χ0n) is 21.4. The van der Waals surface area contributed by atoms with E-state index < -0.39 is 24.9 Å². The first-order valence-corrected chi connectivity index (χ1v) is 13.2. The minimum Gasteiger partial charge on any atom is -0.506 e. The van der Waals surface area contributed by atoms with Gasteiger partial charge in [0.25, 0.3) is 0 Å². The number of halogens is 3. The zero-order valence-corrected chi connectivity index (χ0v) is 22.2. The second kappa shape index (κ2) is 12.2. The van der Waals surface area contributed by atoms with Gasteiger partial charge in [0.15, 0.2) is 6.10 Å². The SMILES string of the molecule is CC1Sc2cc(C3C=CC=C(O)C3=N)ccc2N(CCOc2ccc(CC(OCC(F)(F)F)C(=O)O)cc2)C1=O. The standard InChI is InChI=1S/C28H27F3N2O6S/c1-16-26(35)33(21-10-7-18(14-24(21)40-16)20-3-2-4-22(34)25(20)32)11-12-38-19-8-5-17(6-9-19)13-23(27(36)37)39-15-28(29,30)31/h2-10,14,16,20,23,32,34H,11-13,15H2,1H3,(H,36,37). The van der Waals surface area contributed by atoms with Crippen molar-refractivity contribution in [2.24, 2.45) is 0 Å². The number of aliphatic hydroxyl groups is 1. The number of thioether (sulfide) groups is 1. The summed E-state index contributed by atoms with van der Waals surface area (Å²) in [6.45, 7) is 0.580. The lowest BCUT2D eigenvalue weighted by Crippen LogP contribution is -2.42. The van der Waals surface area contributed by atoms with E-state index in [2.05, 4.69) is 4.74 Å². The summed E-state index contributed by atoms with van der Waals surface area (Å²) >= 11 is 1.43. The number of carbonyl (C=O) groups excluding carboxylic acids is 1. The third-order valence-corrected chi connectivity index (χ3v) is 7.48. The number of aliphatic hydroxyl groups excluding tert-OH is 1. The summed E-state index contributed by atoms with van der Waals surface area (Å²) in [6, 6.07) is 11.8.